The molecule has 2 saturated heterocycles. The lowest BCUT2D eigenvalue weighted by Crippen LogP contribution is -2.49. The van der Waals surface area contributed by atoms with E-state index < -0.39 is 35.0 Å². The molecule has 4 heterocycles. The van der Waals surface area contributed by atoms with Crippen molar-refractivity contribution >= 4 is 73.9 Å². The molecule has 4 amide bonds. The molecular formula is C49H41ClN4O6S. The Morgan fingerprint density at radius 1 is 0.836 bits per heavy atom. The molecule has 1 saturated carbocycles. The average Bonchev–Trinajstić information content (AvgIpc) is 3.92. The quantitative estimate of drug-likeness (QED) is 0.101. The van der Waals surface area contributed by atoms with Crippen LogP contribution in [0.15, 0.2) is 103 Å². The molecular weight excluding hydrogens is 808 g/mol. The van der Waals surface area contributed by atoms with Crippen molar-refractivity contribution in [3.05, 3.63) is 141 Å². The number of halogens is 1. The second-order valence-corrected chi connectivity index (χ2v) is 18.6. The highest BCUT2D eigenvalue weighted by molar-refractivity contribution is 7.22. The summed E-state index contributed by atoms with van der Waals surface area (Å²) >= 11 is 7.91. The summed E-state index contributed by atoms with van der Waals surface area (Å²) in [5, 5.41) is 17.3. The van der Waals surface area contributed by atoms with Gasteiger partial charge in [-0.3, -0.25) is 33.6 Å². The van der Waals surface area contributed by atoms with Crippen molar-refractivity contribution < 1.29 is 29.1 Å². The molecule has 6 atom stereocenters. The SMILES string of the molecule is Cc1cc([C@H]2C3=CC[C@@H]4C(=O)N(c5ccc(C(=O)c6ccccc6)cc5)C(=O)[C@@H]4[C@@H]3C[C@H]3C(=O)N(c4cc(-c5sc6ccc(Cl)cc6c5C)nn4C)C(=O)[C@@]23C)cc(C)c1O. The maximum absolute atomic E-state index is 15.3. The molecule has 4 aliphatic rings. The number of benzene rings is 4. The number of aromatic nitrogens is 2. The van der Waals surface area contributed by atoms with Gasteiger partial charge in [0.2, 0.25) is 23.6 Å². The van der Waals surface area contributed by atoms with E-state index in [1.54, 1.807) is 77.7 Å². The third kappa shape index (κ3) is 5.66. The highest BCUT2D eigenvalue weighted by Gasteiger charge is 2.68. The molecule has 10 nitrogen and oxygen atoms in total. The summed E-state index contributed by atoms with van der Waals surface area (Å²) in [6.07, 6.45) is 2.49. The Balaban J connectivity index is 1.04. The van der Waals surface area contributed by atoms with Crippen LogP contribution in [0.4, 0.5) is 11.5 Å². The molecule has 6 aromatic rings. The molecule has 1 N–H and O–H groups in total. The zero-order valence-electron chi connectivity index (χ0n) is 34.1. The van der Waals surface area contributed by atoms with Gasteiger partial charge in [-0.15, -0.1) is 11.3 Å². The smallest absolute Gasteiger partial charge is 0.242 e. The summed E-state index contributed by atoms with van der Waals surface area (Å²) in [4.78, 5) is 75.9. The van der Waals surface area contributed by atoms with Gasteiger partial charge < -0.3 is 5.11 Å². The lowest BCUT2D eigenvalue weighted by Gasteiger charge is -2.49. The van der Waals surface area contributed by atoms with Crippen LogP contribution in [-0.4, -0.2) is 44.3 Å². The summed E-state index contributed by atoms with van der Waals surface area (Å²) in [5.74, 6) is -4.56. The van der Waals surface area contributed by atoms with E-state index in [0.29, 0.717) is 44.5 Å². The minimum absolute atomic E-state index is 0.149. The van der Waals surface area contributed by atoms with Gasteiger partial charge in [0.15, 0.2) is 5.78 Å². The summed E-state index contributed by atoms with van der Waals surface area (Å²) < 4.78 is 2.62. The molecule has 306 valence electrons. The van der Waals surface area contributed by atoms with Crippen LogP contribution < -0.4 is 9.80 Å². The summed E-state index contributed by atoms with van der Waals surface area (Å²) in [6, 6.07) is 26.7. The molecule has 61 heavy (non-hydrogen) atoms. The normalized spacial score (nSPS) is 24.6. The first-order valence-corrected chi connectivity index (χ1v) is 21.6. The van der Waals surface area contributed by atoms with Crippen molar-refractivity contribution in [2.45, 2.75) is 46.5 Å². The second-order valence-electron chi connectivity index (χ2n) is 17.1. The van der Waals surface area contributed by atoms with E-state index in [9.17, 15) is 19.5 Å². The number of aromatic hydroxyl groups is 1. The van der Waals surface area contributed by atoms with Gasteiger partial charge in [-0.05, 0) is 117 Å². The van der Waals surface area contributed by atoms with E-state index in [1.165, 1.54) is 9.80 Å². The average molecular weight is 849 g/mol. The molecule has 3 fully saturated rings. The van der Waals surface area contributed by atoms with Crippen molar-refractivity contribution in [3.63, 3.8) is 0 Å². The van der Waals surface area contributed by atoms with Gasteiger partial charge in [0.05, 0.1) is 33.7 Å². The maximum atomic E-state index is 15.3. The van der Waals surface area contributed by atoms with E-state index in [2.05, 4.69) is 0 Å². The lowest BCUT2D eigenvalue weighted by atomic mass is 9.51. The van der Waals surface area contributed by atoms with Crippen LogP contribution in [0.3, 0.4) is 0 Å². The number of phenols is 1. The number of hydrogen-bond donors (Lipinski definition) is 1. The van der Waals surface area contributed by atoms with Crippen molar-refractivity contribution in [2.24, 2.45) is 36.1 Å². The number of anilines is 2. The van der Waals surface area contributed by atoms with Gasteiger partial charge in [-0.1, -0.05) is 65.7 Å². The number of thiophene rings is 1. The van der Waals surface area contributed by atoms with E-state index in [4.69, 9.17) is 16.7 Å². The van der Waals surface area contributed by atoms with Gasteiger partial charge in [0, 0.05) is 39.9 Å². The predicted octanol–water partition coefficient (Wildman–Crippen LogP) is 9.25. The summed E-state index contributed by atoms with van der Waals surface area (Å²) in [7, 11) is 1.72. The van der Waals surface area contributed by atoms with Crippen molar-refractivity contribution in [3.8, 4) is 16.3 Å². The van der Waals surface area contributed by atoms with E-state index >= 15 is 9.59 Å². The summed E-state index contributed by atoms with van der Waals surface area (Å²) in [5.41, 5.74) is 4.56. The minimum atomic E-state index is -1.27. The Morgan fingerprint density at radius 3 is 2.23 bits per heavy atom. The Morgan fingerprint density at radius 2 is 1.52 bits per heavy atom. The monoisotopic (exact) mass is 848 g/mol. The number of fused-ring (bicyclic) bond motifs is 5. The molecule has 0 unspecified atom stereocenters. The largest absolute Gasteiger partial charge is 0.507 e. The Labute approximate surface area is 361 Å². The standard InChI is InChI=1S/C49H41ClN4O6S/c1-24-19-29(20-25(2)42(24)55)41-32-16-17-33-40(47(59)53(45(33)57)31-14-11-28(12-15-31)43(56)27-9-7-6-8-10-27)35(32)22-36-46(58)54(48(60)49(36,41)4)39-23-37(51-52(39)5)44-26(3)34-21-30(50)13-18-38(34)61-44/h6-16,18-21,23,33,35-36,40-41,55H,17,22H2,1-5H3/t33-,35+,36-,40-,41-,49+/m0/s1. The number of aryl methyl sites for hydroxylation is 4. The van der Waals surface area contributed by atoms with Crippen molar-refractivity contribution in [2.75, 3.05) is 9.80 Å². The van der Waals surface area contributed by atoms with E-state index in [0.717, 1.165) is 31.7 Å². The van der Waals surface area contributed by atoms with Crippen LogP contribution >= 0.6 is 22.9 Å². The number of phenolic OH excluding ortho intramolecular Hbond substituents is 1. The van der Waals surface area contributed by atoms with Gasteiger partial charge in [-0.25, -0.2) is 4.90 Å². The third-order valence-corrected chi connectivity index (χ3v) is 15.3. The van der Waals surface area contributed by atoms with Crippen molar-refractivity contribution in [1.82, 2.24) is 9.78 Å². The number of allylic oxidation sites excluding steroid dienone is 2. The van der Waals surface area contributed by atoms with Crippen LogP contribution in [-0.2, 0) is 26.2 Å². The van der Waals surface area contributed by atoms with Gasteiger partial charge >= 0.3 is 0 Å². The Kier molecular flexibility index (Phi) is 8.91. The van der Waals surface area contributed by atoms with Crippen LogP contribution in [0.1, 0.15) is 63.9 Å². The number of amides is 4. The maximum Gasteiger partial charge on any atom is 0.242 e. The fourth-order valence-electron chi connectivity index (χ4n) is 10.8. The fourth-order valence-corrected chi connectivity index (χ4v) is 12.1. The first-order valence-electron chi connectivity index (χ1n) is 20.4. The summed E-state index contributed by atoms with van der Waals surface area (Å²) in [6.45, 7) is 7.48. The Bertz CT molecular complexity index is 2930. The number of carbonyl (C=O) groups is 5. The van der Waals surface area contributed by atoms with E-state index in [-0.39, 0.29) is 48.0 Å². The number of nitrogens with zero attached hydrogens (tertiary/aromatic N) is 4. The minimum Gasteiger partial charge on any atom is -0.507 e. The topological polar surface area (TPSA) is 130 Å². The fraction of sp³-hybridized carbons (Fsp3) is 0.265. The van der Waals surface area contributed by atoms with Gasteiger partial charge in [0.25, 0.3) is 0 Å². The highest BCUT2D eigenvalue weighted by Crippen LogP contribution is 2.64. The second kappa shape index (κ2) is 13.9. The zero-order chi connectivity index (χ0) is 42.8. The third-order valence-electron chi connectivity index (χ3n) is 13.8. The molecule has 0 radical (unpaired) electrons. The molecule has 10 rings (SSSR count). The molecule has 2 aromatic heterocycles. The molecule has 12 heteroatoms. The van der Waals surface area contributed by atoms with Crippen LogP contribution in [0.5, 0.6) is 5.75 Å². The molecule has 2 aliphatic carbocycles. The van der Waals surface area contributed by atoms with Crippen LogP contribution in [0, 0.1) is 49.9 Å². The first kappa shape index (κ1) is 39.0. The van der Waals surface area contributed by atoms with Gasteiger partial charge in [0.1, 0.15) is 17.3 Å². The lowest BCUT2D eigenvalue weighted by molar-refractivity contribution is -0.131. The highest BCUT2D eigenvalue weighted by atomic mass is 35.5. The van der Waals surface area contributed by atoms with Crippen molar-refractivity contribution in [1.29, 1.82) is 0 Å². The molecule has 2 aliphatic heterocycles. The number of ketones is 1. The predicted molar refractivity (Wildman–Crippen MR) is 235 cm³/mol. The number of imide groups is 2. The molecule has 4 aromatic carbocycles. The van der Waals surface area contributed by atoms with Crippen LogP contribution in [0.25, 0.3) is 20.7 Å². The molecule has 0 spiro atoms. The van der Waals surface area contributed by atoms with Crippen LogP contribution in [0.2, 0.25) is 5.02 Å². The number of carbonyl (C=O) groups excluding carboxylic acids is 5. The Hall–Kier alpha value is -6.17. The molecule has 0 bridgehead atoms. The number of hydrogen-bond acceptors (Lipinski definition) is 8. The number of rotatable bonds is 6. The van der Waals surface area contributed by atoms with E-state index in [1.807, 2.05) is 70.2 Å². The first-order chi connectivity index (χ1) is 29.2. The van der Waals surface area contributed by atoms with Gasteiger partial charge in [-0.2, -0.15) is 5.10 Å². The zero-order valence-corrected chi connectivity index (χ0v) is 35.7.